The molecule has 4 fully saturated rings. The number of imide groups is 1. The standard InChI is InChI=1S/C49H58FN11O4/c1-5-49(47(64)65-48(2,3)4)18-22-59(23-19-49)42-14-6-32(26-52-42)44-45-33(25-51)27-54-61(45)30-41(56-44)34-28-53-60(29-34)37-10-8-36(9-11-37)58-20-16-31(17-21-58)38-12-7-35(24-39(38)50)55-40-13-15-43(62)57-46(40)63/h6-7,12,14,24,26-31,36-37,40,55H,5,8-11,13,15-23H2,1-4H3,(H,57,62,63). The van der Waals surface area contributed by atoms with Crippen molar-refractivity contribution in [3.63, 3.8) is 0 Å². The predicted octanol–water partition coefficient (Wildman–Crippen LogP) is 7.58. The molecular formula is C49H58FN11O4. The van der Waals surface area contributed by atoms with Gasteiger partial charge >= 0.3 is 5.97 Å². The molecule has 0 radical (unpaired) electrons. The summed E-state index contributed by atoms with van der Waals surface area (Å²) in [7, 11) is 0. The fraction of sp³-hybridized carbons (Fsp3) is 0.510. The summed E-state index contributed by atoms with van der Waals surface area (Å²) in [5.74, 6) is -0.0627. The largest absolute Gasteiger partial charge is 0.460 e. The number of carbonyl (C=O) groups excluding carboxylic acids is 3. The number of nitriles is 1. The maximum atomic E-state index is 15.4. The molecule has 4 aliphatic rings. The van der Waals surface area contributed by atoms with Crippen molar-refractivity contribution in [1.29, 1.82) is 5.26 Å². The number of anilines is 2. The molecule has 7 heterocycles. The van der Waals surface area contributed by atoms with Crippen molar-refractivity contribution < 1.29 is 23.5 Å². The number of carbonyl (C=O) groups is 3. The molecule has 4 aromatic heterocycles. The van der Waals surface area contributed by atoms with Crippen LogP contribution in [0.1, 0.15) is 121 Å². The summed E-state index contributed by atoms with van der Waals surface area (Å²) in [6, 6.07) is 11.6. The number of aromatic nitrogens is 6. The number of pyridine rings is 1. The van der Waals surface area contributed by atoms with Crippen LogP contribution in [0, 0.1) is 22.6 Å². The van der Waals surface area contributed by atoms with Crippen LogP contribution in [0.4, 0.5) is 15.9 Å². The SMILES string of the molecule is CCC1(C(=O)OC(C)(C)C)CCN(c2ccc(-c3nc(-c4cnn(C5CCC(N6CCC(c7ccc(NC8CCC(=O)NC8=O)cc7F)CC6)CC5)c4)cn4ncc(C#N)c34)cn2)CC1. The number of nitrogens with zero attached hydrogens (tertiary/aromatic N) is 9. The van der Waals surface area contributed by atoms with Crippen LogP contribution in [0.3, 0.4) is 0 Å². The minimum atomic E-state index is -0.548. The molecule has 9 rings (SSSR count). The predicted molar refractivity (Wildman–Crippen MR) is 243 cm³/mol. The fourth-order valence-corrected chi connectivity index (χ4v) is 10.3. The summed E-state index contributed by atoms with van der Waals surface area (Å²) >= 11 is 0. The zero-order valence-corrected chi connectivity index (χ0v) is 37.7. The minimum absolute atomic E-state index is 0.119. The van der Waals surface area contributed by atoms with Crippen molar-refractivity contribution >= 4 is 34.8 Å². The Morgan fingerprint density at radius 3 is 2.35 bits per heavy atom. The van der Waals surface area contributed by atoms with Gasteiger partial charge in [-0.05, 0) is 134 Å². The second kappa shape index (κ2) is 18.0. The molecule has 3 saturated heterocycles. The Morgan fingerprint density at radius 1 is 0.938 bits per heavy atom. The van der Waals surface area contributed by atoms with Gasteiger partial charge in [-0.3, -0.25) is 24.4 Å². The van der Waals surface area contributed by atoms with Crippen molar-refractivity contribution in [2.24, 2.45) is 5.41 Å². The zero-order chi connectivity index (χ0) is 45.5. The van der Waals surface area contributed by atoms with Gasteiger partial charge in [0.2, 0.25) is 11.8 Å². The van der Waals surface area contributed by atoms with E-state index < -0.39 is 17.1 Å². The maximum absolute atomic E-state index is 15.4. The smallest absolute Gasteiger partial charge is 0.312 e. The van der Waals surface area contributed by atoms with Gasteiger partial charge in [-0.2, -0.15) is 15.5 Å². The number of hydrogen-bond donors (Lipinski definition) is 2. The summed E-state index contributed by atoms with van der Waals surface area (Å²) in [5.41, 5.74) is 4.22. The van der Waals surface area contributed by atoms with Gasteiger partial charge in [0.1, 0.15) is 40.4 Å². The van der Waals surface area contributed by atoms with E-state index in [-0.39, 0.29) is 42.0 Å². The first-order chi connectivity index (χ1) is 31.3. The van der Waals surface area contributed by atoms with Crippen molar-refractivity contribution in [3.8, 4) is 28.6 Å². The third-order valence-corrected chi connectivity index (χ3v) is 14.2. The third kappa shape index (κ3) is 9.20. The molecule has 1 saturated carbocycles. The summed E-state index contributed by atoms with van der Waals surface area (Å²) in [6.45, 7) is 11.0. The lowest BCUT2D eigenvalue weighted by molar-refractivity contribution is -0.169. The molecule has 0 bridgehead atoms. The number of halogens is 1. The molecule has 1 aromatic carbocycles. The molecule has 2 amide bonds. The second-order valence-electron chi connectivity index (χ2n) is 19.3. The summed E-state index contributed by atoms with van der Waals surface area (Å²) in [5, 5.41) is 24.8. The Morgan fingerprint density at radius 2 is 1.69 bits per heavy atom. The van der Waals surface area contributed by atoms with Gasteiger partial charge in [-0.15, -0.1) is 0 Å². The highest BCUT2D eigenvalue weighted by Crippen LogP contribution is 2.40. The van der Waals surface area contributed by atoms with Crippen LogP contribution in [0.15, 0.2) is 61.3 Å². The molecule has 2 N–H and O–H groups in total. The Bertz CT molecular complexity index is 2600. The number of ether oxygens (including phenoxy) is 1. The van der Waals surface area contributed by atoms with Gasteiger partial charge in [-0.25, -0.2) is 18.9 Å². The molecule has 16 heteroatoms. The third-order valence-electron chi connectivity index (χ3n) is 14.2. The van der Waals surface area contributed by atoms with Crippen LogP contribution in [0.5, 0.6) is 0 Å². The number of piperidine rings is 3. The average molecular weight is 884 g/mol. The maximum Gasteiger partial charge on any atom is 0.312 e. The molecule has 5 aromatic rings. The Labute approximate surface area is 378 Å². The summed E-state index contributed by atoms with van der Waals surface area (Å²) in [4.78, 5) is 51.6. The molecular weight excluding hydrogens is 826 g/mol. The lowest BCUT2D eigenvalue weighted by atomic mass is 9.76. The number of hydrogen-bond acceptors (Lipinski definition) is 12. The van der Waals surface area contributed by atoms with Crippen LogP contribution in [-0.2, 0) is 19.1 Å². The first-order valence-corrected chi connectivity index (χ1v) is 23.2. The molecule has 1 atom stereocenters. The first-order valence-electron chi connectivity index (χ1n) is 23.2. The van der Waals surface area contributed by atoms with E-state index in [0.717, 1.165) is 80.5 Å². The topological polar surface area (TPSA) is 176 Å². The van der Waals surface area contributed by atoms with Gasteiger partial charge in [0.25, 0.3) is 0 Å². The molecule has 65 heavy (non-hydrogen) atoms. The van der Waals surface area contributed by atoms with E-state index in [4.69, 9.17) is 19.8 Å². The lowest BCUT2D eigenvalue weighted by Gasteiger charge is -2.41. The summed E-state index contributed by atoms with van der Waals surface area (Å²) < 4.78 is 25.0. The quantitative estimate of drug-likeness (QED) is 0.104. The monoisotopic (exact) mass is 883 g/mol. The number of nitrogens with one attached hydrogen (secondary N) is 2. The van der Waals surface area contributed by atoms with Crippen LogP contribution in [-0.4, -0.2) is 95.9 Å². The molecule has 1 aliphatic carbocycles. The Balaban J connectivity index is 0.816. The van der Waals surface area contributed by atoms with Crippen molar-refractivity contribution in [2.45, 2.75) is 128 Å². The van der Waals surface area contributed by atoms with E-state index in [1.165, 1.54) is 6.07 Å². The lowest BCUT2D eigenvalue weighted by Crippen LogP contribution is -2.47. The molecule has 3 aliphatic heterocycles. The highest BCUT2D eigenvalue weighted by Gasteiger charge is 2.43. The summed E-state index contributed by atoms with van der Waals surface area (Å²) in [6.07, 6.45) is 17.8. The van der Waals surface area contributed by atoms with Gasteiger partial charge in [0.15, 0.2) is 0 Å². The average Bonchev–Trinajstić information content (AvgIpc) is 3.98. The first kappa shape index (κ1) is 44.0. The normalized spacial score (nSPS) is 22.1. The van der Waals surface area contributed by atoms with Gasteiger partial charge < -0.3 is 19.9 Å². The van der Waals surface area contributed by atoms with E-state index in [1.54, 1.807) is 16.9 Å². The van der Waals surface area contributed by atoms with E-state index in [1.807, 2.05) is 57.4 Å². The van der Waals surface area contributed by atoms with E-state index in [9.17, 15) is 19.6 Å². The van der Waals surface area contributed by atoms with Crippen molar-refractivity contribution in [1.82, 2.24) is 39.6 Å². The number of rotatable bonds is 10. The van der Waals surface area contributed by atoms with Gasteiger partial charge in [0, 0.05) is 54.8 Å². The van der Waals surface area contributed by atoms with E-state index in [2.05, 4.69) is 49.4 Å². The fourth-order valence-electron chi connectivity index (χ4n) is 10.3. The Kier molecular flexibility index (Phi) is 12.2. The number of benzene rings is 1. The van der Waals surface area contributed by atoms with Crippen LogP contribution in [0.2, 0.25) is 0 Å². The van der Waals surface area contributed by atoms with Gasteiger partial charge in [0.05, 0.1) is 41.4 Å². The van der Waals surface area contributed by atoms with E-state index >= 15 is 4.39 Å². The highest BCUT2D eigenvalue weighted by atomic mass is 19.1. The number of fused-ring (bicyclic) bond motifs is 1. The van der Waals surface area contributed by atoms with Crippen LogP contribution < -0.4 is 15.5 Å². The minimum Gasteiger partial charge on any atom is -0.460 e. The molecule has 340 valence electrons. The van der Waals surface area contributed by atoms with Crippen molar-refractivity contribution in [3.05, 3.63) is 78.3 Å². The second-order valence-corrected chi connectivity index (χ2v) is 19.3. The Hall–Kier alpha value is -6.21. The van der Waals surface area contributed by atoms with Crippen LogP contribution >= 0.6 is 0 Å². The van der Waals surface area contributed by atoms with Gasteiger partial charge in [-0.1, -0.05) is 13.0 Å². The molecule has 1 unspecified atom stereocenters. The molecule has 15 nitrogen and oxygen atoms in total. The molecule has 0 spiro atoms. The van der Waals surface area contributed by atoms with Crippen molar-refractivity contribution in [2.75, 3.05) is 36.4 Å². The number of likely N-dealkylation sites (tertiary alicyclic amines) is 1. The zero-order valence-electron chi connectivity index (χ0n) is 37.7. The highest BCUT2D eigenvalue weighted by molar-refractivity contribution is 6.01. The van der Waals surface area contributed by atoms with E-state index in [0.29, 0.717) is 66.5 Å². The number of esters is 1. The number of amides is 2. The van der Waals surface area contributed by atoms with Crippen LogP contribution in [0.25, 0.3) is 28.0 Å².